The highest BCUT2D eigenvalue weighted by molar-refractivity contribution is 5.99. The Kier molecular flexibility index (Phi) is 4.07. The standard InChI is InChI=1S/C17H17N3O/c1-21-12-11-18-17-15-10-6-5-9-14(15)16(19-20-17)13-7-3-2-4-8-13/h2-10H,11-12H2,1H3,(H,18,20). The third kappa shape index (κ3) is 2.85. The quantitative estimate of drug-likeness (QED) is 0.727. The number of methoxy groups -OCH3 is 1. The van der Waals surface area contributed by atoms with Crippen molar-refractivity contribution in [2.45, 2.75) is 0 Å². The van der Waals surface area contributed by atoms with E-state index in [-0.39, 0.29) is 0 Å². The smallest absolute Gasteiger partial charge is 0.156 e. The van der Waals surface area contributed by atoms with E-state index in [1.165, 1.54) is 0 Å². The molecule has 106 valence electrons. The molecule has 1 heterocycles. The molecule has 3 rings (SSSR count). The number of benzene rings is 2. The van der Waals surface area contributed by atoms with Gasteiger partial charge in [-0.2, -0.15) is 0 Å². The highest BCUT2D eigenvalue weighted by atomic mass is 16.5. The summed E-state index contributed by atoms with van der Waals surface area (Å²) in [6, 6.07) is 18.3. The molecule has 1 aromatic heterocycles. The summed E-state index contributed by atoms with van der Waals surface area (Å²) < 4.78 is 5.06. The molecule has 21 heavy (non-hydrogen) atoms. The minimum absolute atomic E-state index is 0.635. The van der Waals surface area contributed by atoms with E-state index >= 15 is 0 Å². The van der Waals surface area contributed by atoms with Gasteiger partial charge < -0.3 is 10.1 Å². The van der Waals surface area contributed by atoms with Gasteiger partial charge in [0.2, 0.25) is 0 Å². The first-order chi connectivity index (χ1) is 10.4. The van der Waals surface area contributed by atoms with E-state index < -0.39 is 0 Å². The van der Waals surface area contributed by atoms with Crippen LogP contribution in [0.25, 0.3) is 22.0 Å². The van der Waals surface area contributed by atoms with E-state index in [0.717, 1.165) is 27.8 Å². The molecule has 0 saturated carbocycles. The van der Waals surface area contributed by atoms with Gasteiger partial charge in [-0.3, -0.25) is 0 Å². The zero-order chi connectivity index (χ0) is 14.5. The SMILES string of the molecule is COCCNc1nnc(-c2ccccc2)c2ccccc12. The lowest BCUT2D eigenvalue weighted by Gasteiger charge is -2.10. The topological polar surface area (TPSA) is 47.0 Å². The Morgan fingerprint density at radius 3 is 2.38 bits per heavy atom. The van der Waals surface area contributed by atoms with Crippen molar-refractivity contribution in [3.05, 3.63) is 54.6 Å². The summed E-state index contributed by atoms with van der Waals surface area (Å²) in [6.07, 6.45) is 0. The molecule has 1 N–H and O–H groups in total. The maximum atomic E-state index is 5.06. The van der Waals surface area contributed by atoms with Gasteiger partial charge in [-0.25, -0.2) is 0 Å². The summed E-state index contributed by atoms with van der Waals surface area (Å²) >= 11 is 0. The number of nitrogens with zero attached hydrogens (tertiary/aromatic N) is 2. The second-order valence-corrected chi connectivity index (χ2v) is 4.73. The van der Waals surface area contributed by atoms with E-state index in [9.17, 15) is 0 Å². The maximum absolute atomic E-state index is 5.06. The first-order valence-electron chi connectivity index (χ1n) is 6.94. The third-order valence-corrected chi connectivity index (χ3v) is 3.33. The molecule has 4 nitrogen and oxygen atoms in total. The van der Waals surface area contributed by atoms with Crippen LogP contribution in [0.3, 0.4) is 0 Å². The maximum Gasteiger partial charge on any atom is 0.156 e. The highest BCUT2D eigenvalue weighted by Gasteiger charge is 2.09. The average Bonchev–Trinajstić information content (AvgIpc) is 2.56. The molecule has 2 aromatic carbocycles. The molecule has 0 radical (unpaired) electrons. The molecule has 0 aliphatic carbocycles. The van der Waals surface area contributed by atoms with Crippen LogP contribution in [0.1, 0.15) is 0 Å². The Hall–Kier alpha value is -2.46. The first kappa shape index (κ1) is 13.5. The van der Waals surface area contributed by atoms with Crippen LogP contribution in [0.4, 0.5) is 5.82 Å². The van der Waals surface area contributed by atoms with Gasteiger partial charge in [0.05, 0.1) is 6.61 Å². The van der Waals surface area contributed by atoms with Crippen LogP contribution in [0, 0.1) is 0 Å². The molecule has 0 aliphatic rings. The van der Waals surface area contributed by atoms with E-state index in [1.54, 1.807) is 7.11 Å². The van der Waals surface area contributed by atoms with Crippen LogP contribution in [-0.2, 0) is 4.74 Å². The van der Waals surface area contributed by atoms with Crippen molar-refractivity contribution < 1.29 is 4.74 Å². The lowest BCUT2D eigenvalue weighted by molar-refractivity contribution is 0.210. The summed E-state index contributed by atoms with van der Waals surface area (Å²) in [5.41, 5.74) is 1.98. The molecule has 0 spiro atoms. The van der Waals surface area contributed by atoms with Gasteiger partial charge in [-0.15, -0.1) is 10.2 Å². The largest absolute Gasteiger partial charge is 0.383 e. The number of anilines is 1. The molecule has 0 fully saturated rings. The van der Waals surface area contributed by atoms with Crippen LogP contribution < -0.4 is 5.32 Å². The van der Waals surface area contributed by atoms with Crippen molar-refractivity contribution in [1.82, 2.24) is 10.2 Å². The molecule has 0 bridgehead atoms. The summed E-state index contributed by atoms with van der Waals surface area (Å²) in [6.45, 7) is 1.34. The van der Waals surface area contributed by atoms with Crippen LogP contribution in [-0.4, -0.2) is 30.5 Å². The molecule has 0 unspecified atom stereocenters. The summed E-state index contributed by atoms with van der Waals surface area (Å²) in [5, 5.41) is 14.2. The lowest BCUT2D eigenvalue weighted by atomic mass is 10.0. The molecule has 3 aromatic rings. The molecule has 0 saturated heterocycles. The average molecular weight is 279 g/mol. The minimum Gasteiger partial charge on any atom is -0.383 e. The van der Waals surface area contributed by atoms with Gasteiger partial charge in [0.15, 0.2) is 5.82 Å². The van der Waals surface area contributed by atoms with Crippen molar-refractivity contribution in [2.24, 2.45) is 0 Å². The fourth-order valence-electron chi connectivity index (χ4n) is 2.32. The molecule has 0 amide bonds. The minimum atomic E-state index is 0.635. The normalized spacial score (nSPS) is 10.7. The number of ether oxygens (including phenoxy) is 1. The summed E-state index contributed by atoms with van der Waals surface area (Å²) in [4.78, 5) is 0. The lowest BCUT2D eigenvalue weighted by Crippen LogP contribution is -2.10. The number of aromatic nitrogens is 2. The zero-order valence-electron chi connectivity index (χ0n) is 11.9. The van der Waals surface area contributed by atoms with Gasteiger partial charge in [0.25, 0.3) is 0 Å². The van der Waals surface area contributed by atoms with E-state index in [0.29, 0.717) is 13.2 Å². The predicted molar refractivity (Wildman–Crippen MR) is 85.3 cm³/mol. The van der Waals surface area contributed by atoms with Crippen molar-refractivity contribution in [3.63, 3.8) is 0 Å². The van der Waals surface area contributed by atoms with Gasteiger partial charge in [0.1, 0.15) is 5.69 Å². The Bertz CT molecular complexity index is 728. The molecule has 0 atom stereocenters. The van der Waals surface area contributed by atoms with E-state index in [1.807, 2.05) is 30.3 Å². The van der Waals surface area contributed by atoms with Crippen molar-refractivity contribution in [3.8, 4) is 11.3 Å². The zero-order valence-corrected chi connectivity index (χ0v) is 11.9. The van der Waals surface area contributed by atoms with Crippen LogP contribution in [0.5, 0.6) is 0 Å². The molecule has 4 heteroatoms. The predicted octanol–water partition coefficient (Wildman–Crippen LogP) is 3.36. The first-order valence-corrected chi connectivity index (χ1v) is 6.94. The molecule has 0 aliphatic heterocycles. The van der Waals surface area contributed by atoms with Crippen molar-refractivity contribution in [1.29, 1.82) is 0 Å². The molecular formula is C17H17N3O. The highest BCUT2D eigenvalue weighted by Crippen LogP contribution is 2.29. The fraction of sp³-hybridized carbons (Fsp3) is 0.176. The monoisotopic (exact) mass is 279 g/mol. The van der Waals surface area contributed by atoms with Gasteiger partial charge in [-0.1, -0.05) is 54.6 Å². The van der Waals surface area contributed by atoms with Crippen molar-refractivity contribution in [2.75, 3.05) is 25.6 Å². The van der Waals surface area contributed by atoms with Gasteiger partial charge >= 0.3 is 0 Å². The van der Waals surface area contributed by atoms with Crippen LogP contribution in [0.2, 0.25) is 0 Å². The Morgan fingerprint density at radius 2 is 1.62 bits per heavy atom. The Balaban J connectivity index is 2.07. The molecular weight excluding hydrogens is 262 g/mol. The number of rotatable bonds is 5. The summed E-state index contributed by atoms with van der Waals surface area (Å²) in [5.74, 6) is 0.794. The Labute approximate surface area is 123 Å². The number of hydrogen-bond acceptors (Lipinski definition) is 4. The fourth-order valence-corrected chi connectivity index (χ4v) is 2.32. The Morgan fingerprint density at radius 1 is 0.905 bits per heavy atom. The number of hydrogen-bond donors (Lipinski definition) is 1. The van der Waals surface area contributed by atoms with Crippen LogP contribution in [0.15, 0.2) is 54.6 Å². The van der Waals surface area contributed by atoms with E-state index in [4.69, 9.17) is 4.74 Å². The number of fused-ring (bicyclic) bond motifs is 1. The van der Waals surface area contributed by atoms with E-state index in [2.05, 4.69) is 39.8 Å². The number of nitrogens with one attached hydrogen (secondary N) is 1. The van der Waals surface area contributed by atoms with Gasteiger partial charge in [0, 0.05) is 30.0 Å². The summed E-state index contributed by atoms with van der Waals surface area (Å²) in [7, 11) is 1.68. The second-order valence-electron chi connectivity index (χ2n) is 4.73. The van der Waals surface area contributed by atoms with Gasteiger partial charge in [-0.05, 0) is 0 Å². The van der Waals surface area contributed by atoms with Crippen molar-refractivity contribution >= 4 is 16.6 Å². The van der Waals surface area contributed by atoms with Crippen LogP contribution >= 0.6 is 0 Å². The third-order valence-electron chi connectivity index (χ3n) is 3.33. The second kappa shape index (κ2) is 6.33.